The molecule has 2 nitrogen and oxygen atoms in total. The molecule has 1 atom stereocenters. The average molecular weight is 129 g/mol. The molecule has 9 heavy (non-hydrogen) atoms. The lowest BCUT2D eigenvalue weighted by Crippen LogP contribution is -2.45. The van der Waals surface area contributed by atoms with E-state index in [9.17, 15) is 0 Å². The molecule has 0 aliphatic carbocycles. The Bertz CT molecular complexity index is 101. The molecule has 0 aromatic heterocycles. The summed E-state index contributed by atoms with van der Waals surface area (Å²) in [6, 6.07) is 0.325. The molecule has 1 aliphatic heterocycles. The van der Waals surface area contributed by atoms with Crippen LogP contribution in [0.1, 0.15) is 20.3 Å². The van der Waals surface area contributed by atoms with E-state index >= 15 is 0 Å². The van der Waals surface area contributed by atoms with Crippen LogP contribution in [0.5, 0.6) is 0 Å². The van der Waals surface area contributed by atoms with Gasteiger partial charge in [0.1, 0.15) is 0 Å². The highest BCUT2D eigenvalue weighted by Crippen LogP contribution is 2.25. The third-order valence-corrected chi connectivity index (χ3v) is 2.05. The number of hydrogen-bond donors (Lipinski definition) is 1. The summed E-state index contributed by atoms with van der Waals surface area (Å²) in [5.74, 6) is 0. The average Bonchev–Trinajstić information content (AvgIpc) is 1.77. The quantitative estimate of drug-likeness (QED) is 0.524. The van der Waals surface area contributed by atoms with Crippen molar-refractivity contribution in [3.63, 3.8) is 0 Å². The summed E-state index contributed by atoms with van der Waals surface area (Å²) in [7, 11) is 0. The molecule has 1 saturated heterocycles. The summed E-state index contributed by atoms with van der Waals surface area (Å²) < 4.78 is 5.28. The van der Waals surface area contributed by atoms with E-state index in [0.29, 0.717) is 6.04 Å². The molecule has 0 aromatic rings. The van der Waals surface area contributed by atoms with Gasteiger partial charge in [-0.15, -0.1) is 0 Å². The van der Waals surface area contributed by atoms with E-state index in [-0.39, 0.29) is 5.41 Å². The van der Waals surface area contributed by atoms with Gasteiger partial charge in [-0.05, 0) is 6.42 Å². The molecule has 1 heterocycles. The van der Waals surface area contributed by atoms with Crippen LogP contribution in [0, 0.1) is 5.41 Å². The fourth-order valence-electron chi connectivity index (χ4n) is 1.04. The van der Waals surface area contributed by atoms with Gasteiger partial charge in [0.2, 0.25) is 0 Å². The van der Waals surface area contributed by atoms with Gasteiger partial charge in [-0.1, -0.05) is 13.8 Å². The molecule has 1 fully saturated rings. The second-order valence-electron chi connectivity index (χ2n) is 3.44. The summed E-state index contributed by atoms with van der Waals surface area (Å²) in [4.78, 5) is 0. The van der Waals surface area contributed by atoms with Crippen LogP contribution in [0.2, 0.25) is 0 Å². The van der Waals surface area contributed by atoms with Gasteiger partial charge in [-0.25, -0.2) is 0 Å². The Morgan fingerprint density at radius 3 is 2.56 bits per heavy atom. The van der Waals surface area contributed by atoms with Crippen LogP contribution in [0.25, 0.3) is 0 Å². The molecule has 54 valence electrons. The van der Waals surface area contributed by atoms with Crippen molar-refractivity contribution in [1.82, 2.24) is 0 Å². The van der Waals surface area contributed by atoms with Crippen molar-refractivity contribution < 1.29 is 4.74 Å². The summed E-state index contributed by atoms with van der Waals surface area (Å²) in [6.07, 6.45) is 1.01. The zero-order chi connectivity index (χ0) is 6.91. The van der Waals surface area contributed by atoms with Crippen molar-refractivity contribution in [2.24, 2.45) is 11.1 Å². The first-order valence-corrected chi connectivity index (χ1v) is 3.46. The van der Waals surface area contributed by atoms with E-state index in [4.69, 9.17) is 10.5 Å². The molecule has 0 radical (unpaired) electrons. The van der Waals surface area contributed by atoms with Gasteiger partial charge in [-0.3, -0.25) is 0 Å². The lowest BCUT2D eigenvalue weighted by Gasteiger charge is -2.35. The molecule has 2 N–H and O–H groups in total. The maximum Gasteiger partial charge on any atom is 0.0531 e. The summed E-state index contributed by atoms with van der Waals surface area (Å²) in [6.45, 7) is 5.95. The second-order valence-corrected chi connectivity index (χ2v) is 3.44. The molecule has 0 bridgehead atoms. The molecule has 1 aliphatic rings. The molecule has 0 amide bonds. The Labute approximate surface area is 56.4 Å². The number of nitrogens with two attached hydrogens (primary N) is 1. The summed E-state index contributed by atoms with van der Waals surface area (Å²) in [5.41, 5.74) is 6.03. The summed E-state index contributed by atoms with van der Waals surface area (Å²) >= 11 is 0. The Balaban J connectivity index is 2.49. The zero-order valence-corrected chi connectivity index (χ0v) is 6.18. The maximum atomic E-state index is 5.83. The molecule has 2 heteroatoms. The highest BCUT2D eigenvalue weighted by Gasteiger charge is 2.29. The Morgan fingerprint density at radius 2 is 2.22 bits per heavy atom. The van der Waals surface area contributed by atoms with Crippen LogP contribution >= 0.6 is 0 Å². The topological polar surface area (TPSA) is 35.2 Å². The molecule has 0 saturated carbocycles. The predicted molar refractivity (Wildman–Crippen MR) is 37.2 cm³/mol. The van der Waals surface area contributed by atoms with Crippen molar-refractivity contribution >= 4 is 0 Å². The molecular formula is C7H15NO. The van der Waals surface area contributed by atoms with Crippen molar-refractivity contribution in [1.29, 1.82) is 0 Å². The number of ether oxygens (including phenoxy) is 1. The van der Waals surface area contributed by atoms with Crippen LogP contribution in [-0.4, -0.2) is 19.3 Å². The monoisotopic (exact) mass is 129 g/mol. The van der Waals surface area contributed by atoms with E-state index in [2.05, 4.69) is 13.8 Å². The van der Waals surface area contributed by atoms with Crippen LogP contribution in [0.4, 0.5) is 0 Å². The number of rotatable bonds is 0. The first kappa shape index (κ1) is 7.03. The van der Waals surface area contributed by atoms with Crippen LogP contribution < -0.4 is 5.73 Å². The summed E-state index contributed by atoms with van der Waals surface area (Å²) in [5, 5.41) is 0. The first-order chi connectivity index (χ1) is 4.13. The minimum atomic E-state index is 0.193. The molecule has 1 unspecified atom stereocenters. The third kappa shape index (κ3) is 1.43. The van der Waals surface area contributed by atoms with E-state index < -0.39 is 0 Å². The molecular weight excluding hydrogens is 114 g/mol. The fourth-order valence-corrected chi connectivity index (χ4v) is 1.04. The normalized spacial score (nSPS) is 34.3. The zero-order valence-electron chi connectivity index (χ0n) is 6.18. The fraction of sp³-hybridized carbons (Fsp3) is 1.00. The Kier molecular flexibility index (Phi) is 1.78. The van der Waals surface area contributed by atoms with Crippen molar-refractivity contribution in [3.8, 4) is 0 Å². The smallest absolute Gasteiger partial charge is 0.0531 e. The van der Waals surface area contributed by atoms with Gasteiger partial charge >= 0.3 is 0 Å². The van der Waals surface area contributed by atoms with Crippen molar-refractivity contribution in [2.75, 3.05) is 13.2 Å². The van der Waals surface area contributed by atoms with Crippen LogP contribution in [-0.2, 0) is 4.74 Å². The molecule has 1 rings (SSSR count). The largest absolute Gasteiger partial charge is 0.381 e. The Morgan fingerprint density at radius 1 is 1.56 bits per heavy atom. The Hall–Kier alpha value is -0.0800. The van der Waals surface area contributed by atoms with Crippen molar-refractivity contribution in [2.45, 2.75) is 26.3 Å². The standard InChI is InChI=1S/C7H15NO/c1-7(2)5-9-4-3-6(7)8/h6H,3-5,8H2,1-2H3. The van der Waals surface area contributed by atoms with E-state index in [1.807, 2.05) is 0 Å². The van der Waals surface area contributed by atoms with Crippen molar-refractivity contribution in [3.05, 3.63) is 0 Å². The van der Waals surface area contributed by atoms with Gasteiger partial charge in [0, 0.05) is 18.1 Å². The van der Waals surface area contributed by atoms with E-state index in [1.165, 1.54) is 0 Å². The van der Waals surface area contributed by atoms with Gasteiger partial charge in [0.15, 0.2) is 0 Å². The highest BCUT2D eigenvalue weighted by atomic mass is 16.5. The minimum absolute atomic E-state index is 0.193. The lowest BCUT2D eigenvalue weighted by molar-refractivity contribution is -0.00205. The van der Waals surface area contributed by atoms with Crippen LogP contribution in [0.15, 0.2) is 0 Å². The SMILES string of the molecule is CC1(C)COCCC1N. The van der Waals surface area contributed by atoms with Gasteiger partial charge in [0.25, 0.3) is 0 Å². The molecule has 0 spiro atoms. The number of hydrogen-bond acceptors (Lipinski definition) is 2. The van der Waals surface area contributed by atoms with E-state index in [0.717, 1.165) is 19.6 Å². The third-order valence-electron chi connectivity index (χ3n) is 2.05. The maximum absolute atomic E-state index is 5.83. The predicted octanol–water partition coefficient (Wildman–Crippen LogP) is 0.760. The van der Waals surface area contributed by atoms with Gasteiger partial charge < -0.3 is 10.5 Å². The van der Waals surface area contributed by atoms with Crippen LogP contribution in [0.3, 0.4) is 0 Å². The van der Waals surface area contributed by atoms with E-state index in [1.54, 1.807) is 0 Å². The first-order valence-electron chi connectivity index (χ1n) is 3.46. The van der Waals surface area contributed by atoms with Gasteiger partial charge in [0.05, 0.1) is 6.61 Å². The molecule has 0 aromatic carbocycles. The lowest BCUT2D eigenvalue weighted by atomic mass is 9.83. The van der Waals surface area contributed by atoms with Gasteiger partial charge in [-0.2, -0.15) is 0 Å². The minimum Gasteiger partial charge on any atom is -0.381 e. The highest BCUT2D eigenvalue weighted by molar-refractivity contribution is 4.83. The second kappa shape index (κ2) is 2.27.